The molecule has 21 heavy (non-hydrogen) atoms. The number of halogens is 1. The molecule has 1 aromatic rings. The van der Waals surface area contributed by atoms with Gasteiger partial charge in [0.05, 0.1) is 36.4 Å². The fourth-order valence-corrected chi connectivity index (χ4v) is 1.42. The highest BCUT2D eigenvalue weighted by atomic mass is 19.1. The fraction of sp³-hybridized carbons (Fsp3) is 0.417. The Bertz CT molecular complexity index is 521. The van der Waals surface area contributed by atoms with Crippen LogP contribution < -0.4 is 4.74 Å². The Morgan fingerprint density at radius 2 is 2.00 bits per heavy atom. The van der Waals surface area contributed by atoms with E-state index in [1.165, 1.54) is 7.11 Å². The predicted molar refractivity (Wildman–Crippen MR) is 68.2 cm³/mol. The Morgan fingerprint density at radius 3 is 2.57 bits per heavy atom. The first-order valence-electron chi connectivity index (χ1n) is 5.88. The average molecular weight is 303 g/mol. The Kier molecular flexibility index (Phi) is 6.50. The van der Waals surface area contributed by atoms with Crippen LogP contribution in [0, 0.1) is 15.9 Å². The Morgan fingerprint density at radius 1 is 1.33 bits per heavy atom. The first-order chi connectivity index (χ1) is 9.97. The number of hydrogen-bond acceptors (Lipinski definition) is 6. The maximum Gasteiger partial charge on any atom is 0.338 e. The molecule has 1 aromatic carbocycles. The van der Waals surface area contributed by atoms with Gasteiger partial charge in [0.1, 0.15) is 12.4 Å². The molecule has 0 saturated carbocycles. The highest BCUT2D eigenvalue weighted by Gasteiger charge is 2.22. The van der Waals surface area contributed by atoms with E-state index in [0.29, 0.717) is 19.3 Å². The van der Waals surface area contributed by atoms with Crippen LogP contribution in [0.1, 0.15) is 10.4 Å². The second-order valence-corrected chi connectivity index (χ2v) is 3.82. The minimum Gasteiger partial charge on any atom is -0.484 e. The van der Waals surface area contributed by atoms with E-state index in [0.717, 1.165) is 6.07 Å². The lowest BCUT2D eigenvalue weighted by atomic mass is 10.2. The van der Waals surface area contributed by atoms with Crippen molar-refractivity contribution in [3.63, 3.8) is 0 Å². The van der Waals surface area contributed by atoms with Crippen molar-refractivity contribution in [2.45, 2.75) is 0 Å². The summed E-state index contributed by atoms with van der Waals surface area (Å²) in [6.07, 6.45) is 0. The first kappa shape index (κ1) is 16.8. The lowest BCUT2D eigenvalue weighted by Crippen LogP contribution is -2.11. The summed E-state index contributed by atoms with van der Waals surface area (Å²) in [6.45, 7) is 0.793. The maximum absolute atomic E-state index is 13.4. The number of aromatic carboxylic acids is 1. The summed E-state index contributed by atoms with van der Waals surface area (Å²) in [7, 11) is 1.51. The molecule has 116 valence electrons. The molecule has 8 nitrogen and oxygen atoms in total. The van der Waals surface area contributed by atoms with E-state index in [4.69, 9.17) is 19.3 Å². The molecule has 0 aliphatic rings. The van der Waals surface area contributed by atoms with Crippen LogP contribution in [0.25, 0.3) is 0 Å². The third kappa shape index (κ3) is 4.97. The number of nitro benzene ring substituents is 1. The summed E-state index contributed by atoms with van der Waals surface area (Å²) in [6, 6.07) is 1.30. The number of rotatable bonds is 9. The predicted octanol–water partition coefficient (Wildman–Crippen LogP) is 1.47. The van der Waals surface area contributed by atoms with Gasteiger partial charge in [-0.2, -0.15) is 0 Å². The summed E-state index contributed by atoms with van der Waals surface area (Å²) in [5, 5.41) is 19.6. The number of ether oxygens (including phenoxy) is 3. The van der Waals surface area contributed by atoms with Gasteiger partial charge in [0.15, 0.2) is 5.75 Å². The Labute approximate surface area is 119 Å². The van der Waals surface area contributed by atoms with Gasteiger partial charge in [0, 0.05) is 13.2 Å². The molecule has 0 heterocycles. The van der Waals surface area contributed by atoms with E-state index in [1.54, 1.807) is 0 Å². The number of carboxylic acid groups (broad SMARTS) is 1. The van der Waals surface area contributed by atoms with E-state index in [1.807, 2.05) is 0 Å². The zero-order chi connectivity index (χ0) is 15.8. The van der Waals surface area contributed by atoms with Crippen LogP contribution in [0.15, 0.2) is 12.1 Å². The molecule has 0 atom stereocenters. The van der Waals surface area contributed by atoms with E-state index in [9.17, 15) is 19.3 Å². The molecule has 0 unspecified atom stereocenters. The van der Waals surface area contributed by atoms with Crippen LogP contribution in [0.2, 0.25) is 0 Å². The van der Waals surface area contributed by atoms with E-state index in [2.05, 4.69) is 0 Å². The van der Waals surface area contributed by atoms with Crippen molar-refractivity contribution in [2.24, 2.45) is 0 Å². The largest absolute Gasteiger partial charge is 0.484 e. The zero-order valence-electron chi connectivity index (χ0n) is 11.2. The molecule has 1 N–H and O–H groups in total. The van der Waals surface area contributed by atoms with Gasteiger partial charge >= 0.3 is 11.7 Å². The number of hydrogen-bond donors (Lipinski definition) is 1. The maximum atomic E-state index is 13.4. The highest BCUT2D eigenvalue weighted by molar-refractivity contribution is 5.89. The second-order valence-electron chi connectivity index (χ2n) is 3.82. The van der Waals surface area contributed by atoms with Crippen LogP contribution >= 0.6 is 0 Å². The smallest absolute Gasteiger partial charge is 0.338 e. The number of carbonyl (C=O) groups is 1. The van der Waals surface area contributed by atoms with Gasteiger partial charge in [-0.15, -0.1) is 0 Å². The molecule has 0 aliphatic carbocycles. The quantitative estimate of drug-likeness (QED) is 0.418. The van der Waals surface area contributed by atoms with Crippen molar-refractivity contribution in [2.75, 3.05) is 33.5 Å². The van der Waals surface area contributed by atoms with Gasteiger partial charge in [-0.25, -0.2) is 9.18 Å². The molecule has 0 aliphatic heterocycles. The van der Waals surface area contributed by atoms with Crippen LogP contribution in [0.3, 0.4) is 0 Å². The van der Waals surface area contributed by atoms with Gasteiger partial charge in [0.2, 0.25) is 0 Å². The molecule has 9 heteroatoms. The minimum absolute atomic E-state index is 0.0464. The number of methoxy groups -OCH3 is 1. The van der Waals surface area contributed by atoms with Crippen LogP contribution in [0.4, 0.5) is 10.1 Å². The van der Waals surface area contributed by atoms with Crippen molar-refractivity contribution in [3.05, 3.63) is 33.6 Å². The molecule has 0 aromatic heterocycles. The van der Waals surface area contributed by atoms with Crippen LogP contribution in [-0.4, -0.2) is 49.5 Å². The second kappa shape index (κ2) is 8.12. The van der Waals surface area contributed by atoms with E-state index >= 15 is 0 Å². The fourth-order valence-electron chi connectivity index (χ4n) is 1.42. The Balaban J connectivity index is 2.76. The van der Waals surface area contributed by atoms with E-state index in [-0.39, 0.29) is 19.0 Å². The van der Waals surface area contributed by atoms with Crippen molar-refractivity contribution in [3.8, 4) is 5.75 Å². The molecule has 0 spiro atoms. The molecule has 0 bridgehead atoms. The zero-order valence-corrected chi connectivity index (χ0v) is 11.2. The van der Waals surface area contributed by atoms with Crippen LogP contribution in [-0.2, 0) is 9.47 Å². The normalized spacial score (nSPS) is 10.4. The summed E-state index contributed by atoms with van der Waals surface area (Å²) in [5.41, 5.74) is -1.34. The van der Waals surface area contributed by atoms with Gasteiger partial charge in [-0.1, -0.05) is 0 Å². The van der Waals surface area contributed by atoms with Gasteiger partial charge in [0.25, 0.3) is 0 Å². The minimum atomic E-state index is -1.54. The topological polar surface area (TPSA) is 108 Å². The molecule has 1 rings (SSSR count). The highest BCUT2D eigenvalue weighted by Crippen LogP contribution is 2.30. The molecule has 0 saturated heterocycles. The lowest BCUT2D eigenvalue weighted by molar-refractivity contribution is -0.386. The number of benzene rings is 1. The first-order valence-corrected chi connectivity index (χ1v) is 5.88. The standard InChI is InChI=1S/C12H14FNO7/c1-19-2-3-20-4-5-21-11-6-8(12(15)16)9(13)7-10(11)14(17)18/h6-7H,2-5H2,1H3,(H,15,16). The molecule has 0 fully saturated rings. The molecular weight excluding hydrogens is 289 g/mol. The van der Waals surface area contributed by atoms with Crippen LogP contribution in [0.5, 0.6) is 5.75 Å². The van der Waals surface area contributed by atoms with Crippen molar-refractivity contribution in [1.82, 2.24) is 0 Å². The van der Waals surface area contributed by atoms with Gasteiger partial charge in [-0.3, -0.25) is 10.1 Å². The van der Waals surface area contributed by atoms with Gasteiger partial charge in [-0.05, 0) is 0 Å². The number of carboxylic acids is 1. The van der Waals surface area contributed by atoms with E-state index < -0.39 is 28.0 Å². The molecule has 0 amide bonds. The number of nitro groups is 1. The average Bonchev–Trinajstić information content (AvgIpc) is 2.43. The molecule has 0 radical (unpaired) electrons. The van der Waals surface area contributed by atoms with Crippen molar-refractivity contribution < 1.29 is 33.4 Å². The number of nitrogens with zero attached hydrogens (tertiary/aromatic N) is 1. The Hall–Kier alpha value is -2.26. The summed E-state index contributed by atoms with van der Waals surface area (Å²) in [4.78, 5) is 20.7. The lowest BCUT2D eigenvalue weighted by Gasteiger charge is -2.08. The molecular formula is C12H14FNO7. The van der Waals surface area contributed by atoms with Gasteiger partial charge < -0.3 is 19.3 Å². The summed E-state index contributed by atoms with van der Waals surface area (Å²) < 4.78 is 28.3. The van der Waals surface area contributed by atoms with Crippen molar-refractivity contribution >= 4 is 11.7 Å². The SMILES string of the molecule is COCCOCCOc1cc(C(=O)O)c(F)cc1[N+](=O)[O-]. The third-order valence-corrected chi connectivity index (χ3v) is 2.39. The summed E-state index contributed by atoms with van der Waals surface area (Å²) >= 11 is 0. The van der Waals surface area contributed by atoms with Crippen molar-refractivity contribution in [1.29, 1.82) is 0 Å². The third-order valence-electron chi connectivity index (χ3n) is 2.39. The summed E-state index contributed by atoms with van der Waals surface area (Å²) in [5.74, 6) is -3.06. The monoisotopic (exact) mass is 303 g/mol.